The van der Waals surface area contributed by atoms with Gasteiger partial charge in [0.1, 0.15) is 0 Å². The molecule has 0 aromatic heterocycles. The lowest BCUT2D eigenvalue weighted by Gasteiger charge is -2.43. The molecule has 2 rings (SSSR count). The number of likely N-dealkylation sites (tertiary alicyclic amines) is 1. The van der Waals surface area contributed by atoms with Crippen LogP contribution in [-0.4, -0.2) is 36.6 Å². The first-order chi connectivity index (χ1) is 7.81. The second kappa shape index (κ2) is 5.67. The molecule has 0 unspecified atom stereocenters. The molecule has 0 bridgehead atoms. The molecule has 16 heavy (non-hydrogen) atoms. The lowest BCUT2D eigenvalue weighted by molar-refractivity contribution is -0.146. The number of carbonyl (C=O) groups excluding carboxylic acids is 1. The lowest BCUT2D eigenvalue weighted by Crippen LogP contribution is -2.48. The predicted octanol–water partition coefficient (Wildman–Crippen LogP) is 2.20. The molecule has 2 atom stereocenters. The number of nitrogens with zero attached hydrogens (tertiary/aromatic N) is 1. The molecule has 1 aliphatic carbocycles. The molecule has 3 nitrogen and oxygen atoms in total. The van der Waals surface area contributed by atoms with Gasteiger partial charge in [0.15, 0.2) is 0 Å². The van der Waals surface area contributed by atoms with Gasteiger partial charge in [-0.1, -0.05) is 12.8 Å². The summed E-state index contributed by atoms with van der Waals surface area (Å²) in [7, 11) is 0. The van der Waals surface area contributed by atoms with Crippen LogP contribution in [0, 0.1) is 5.92 Å². The van der Waals surface area contributed by atoms with Gasteiger partial charge >= 0.3 is 5.97 Å². The second-order valence-electron chi connectivity index (χ2n) is 5.03. The Morgan fingerprint density at radius 1 is 1.25 bits per heavy atom. The van der Waals surface area contributed by atoms with Crippen LogP contribution in [0.25, 0.3) is 0 Å². The molecule has 1 saturated heterocycles. The molecule has 0 spiro atoms. The molecular weight excluding hydrogens is 202 g/mol. The van der Waals surface area contributed by atoms with Crippen molar-refractivity contribution in [3.8, 4) is 0 Å². The summed E-state index contributed by atoms with van der Waals surface area (Å²) in [5, 5.41) is 0. The van der Waals surface area contributed by atoms with Crippen LogP contribution in [0.3, 0.4) is 0 Å². The predicted molar refractivity (Wildman–Crippen MR) is 63.2 cm³/mol. The highest BCUT2D eigenvalue weighted by Crippen LogP contribution is 2.34. The van der Waals surface area contributed by atoms with Crippen molar-refractivity contribution in [3.05, 3.63) is 0 Å². The molecule has 1 heterocycles. The second-order valence-corrected chi connectivity index (χ2v) is 5.03. The van der Waals surface area contributed by atoms with Crippen molar-refractivity contribution >= 4 is 5.97 Å². The summed E-state index contributed by atoms with van der Waals surface area (Å²) in [4.78, 5) is 13.9. The van der Waals surface area contributed by atoms with Crippen molar-refractivity contribution in [2.45, 2.75) is 51.5 Å². The van der Waals surface area contributed by atoms with E-state index in [-0.39, 0.29) is 5.97 Å². The van der Waals surface area contributed by atoms with E-state index in [2.05, 4.69) is 4.90 Å². The molecule has 0 amide bonds. The van der Waals surface area contributed by atoms with Crippen LogP contribution in [0.15, 0.2) is 0 Å². The van der Waals surface area contributed by atoms with Crippen LogP contribution in [0.4, 0.5) is 0 Å². The van der Waals surface area contributed by atoms with Gasteiger partial charge in [0, 0.05) is 6.04 Å². The van der Waals surface area contributed by atoms with E-state index in [1.54, 1.807) is 0 Å². The van der Waals surface area contributed by atoms with E-state index in [9.17, 15) is 4.79 Å². The third kappa shape index (κ3) is 2.76. The molecule has 2 fully saturated rings. The zero-order valence-corrected chi connectivity index (χ0v) is 10.3. The topological polar surface area (TPSA) is 29.5 Å². The van der Waals surface area contributed by atoms with Crippen LogP contribution in [0.1, 0.15) is 45.4 Å². The molecule has 1 saturated carbocycles. The molecule has 0 radical (unpaired) electrons. The summed E-state index contributed by atoms with van der Waals surface area (Å²) in [6.07, 6.45) is 7.98. The Morgan fingerprint density at radius 2 is 2.00 bits per heavy atom. The van der Waals surface area contributed by atoms with Gasteiger partial charge in [-0.3, -0.25) is 9.69 Å². The number of esters is 1. The largest absolute Gasteiger partial charge is 0.465 e. The number of fused-ring (bicyclic) bond motifs is 1. The number of hydrogen-bond donors (Lipinski definition) is 0. The molecule has 0 N–H and O–H groups in total. The summed E-state index contributed by atoms with van der Waals surface area (Å²) >= 11 is 0. The monoisotopic (exact) mass is 225 g/mol. The minimum atomic E-state index is -0.0475. The minimum Gasteiger partial charge on any atom is -0.465 e. The van der Waals surface area contributed by atoms with Crippen molar-refractivity contribution in [1.29, 1.82) is 0 Å². The van der Waals surface area contributed by atoms with E-state index in [1.165, 1.54) is 38.5 Å². The summed E-state index contributed by atoms with van der Waals surface area (Å²) < 4.78 is 5.04. The quantitative estimate of drug-likeness (QED) is 0.690. The molecule has 1 aliphatic heterocycles. The first-order valence-electron chi connectivity index (χ1n) is 6.71. The van der Waals surface area contributed by atoms with Crippen molar-refractivity contribution in [2.24, 2.45) is 5.92 Å². The van der Waals surface area contributed by atoms with E-state index in [0.29, 0.717) is 19.2 Å². The van der Waals surface area contributed by atoms with E-state index in [0.717, 1.165) is 12.5 Å². The van der Waals surface area contributed by atoms with Crippen molar-refractivity contribution in [3.63, 3.8) is 0 Å². The van der Waals surface area contributed by atoms with Crippen molar-refractivity contribution < 1.29 is 9.53 Å². The third-order valence-corrected chi connectivity index (χ3v) is 4.00. The van der Waals surface area contributed by atoms with Gasteiger partial charge < -0.3 is 4.74 Å². The van der Waals surface area contributed by atoms with Gasteiger partial charge in [-0.15, -0.1) is 0 Å². The highest BCUT2D eigenvalue weighted by molar-refractivity contribution is 5.71. The maximum atomic E-state index is 11.5. The zero-order chi connectivity index (χ0) is 11.4. The van der Waals surface area contributed by atoms with Gasteiger partial charge in [0.05, 0.1) is 13.2 Å². The van der Waals surface area contributed by atoms with Crippen LogP contribution in [0.2, 0.25) is 0 Å². The van der Waals surface area contributed by atoms with Crippen molar-refractivity contribution in [1.82, 2.24) is 4.90 Å². The van der Waals surface area contributed by atoms with Crippen LogP contribution in [0.5, 0.6) is 0 Å². The van der Waals surface area contributed by atoms with Gasteiger partial charge in [-0.2, -0.15) is 0 Å². The molecule has 0 aromatic carbocycles. The molecule has 2 aliphatic rings. The third-order valence-electron chi connectivity index (χ3n) is 4.00. The van der Waals surface area contributed by atoms with Gasteiger partial charge in [-0.05, 0) is 45.1 Å². The SMILES string of the molecule is CCOC(=O)CN1CCC[C@H]2CCCC[C@H]21. The number of hydrogen-bond acceptors (Lipinski definition) is 3. The summed E-state index contributed by atoms with van der Waals surface area (Å²) in [5.74, 6) is 0.797. The number of rotatable bonds is 3. The van der Waals surface area contributed by atoms with Crippen LogP contribution >= 0.6 is 0 Å². The Balaban J connectivity index is 1.89. The Labute approximate surface area is 98.1 Å². The minimum absolute atomic E-state index is 0.0475. The summed E-state index contributed by atoms with van der Waals surface area (Å²) in [6.45, 7) is 3.97. The number of carbonyl (C=O) groups is 1. The lowest BCUT2D eigenvalue weighted by atomic mass is 9.78. The fourth-order valence-corrected chi connectivity index (χ4v) is 3.30. The Hall–Kier alpha value is -0.570. The van der Waals surface area contributed by atoms with Gasteiger partial charge in [0.2, 0.25) is 0 Å². The average molecular weight is 225 g/mol. The van der Waals surface area contributed by atoms with E-state index in [4.69, 9.17) is 4.74 Å². The number of ether oxygens (including phenoxy) is 1. The van der Waals surface area contributed by atoms with Gasteiger partial charge in [0.25, 0.3) is 0 Å². The van der Waals surface area contributed by atoms with Crippen molar-refractivity contribution in [2.75, 3.05) is 19.7 Å². The first-order valence-corrected chi connectivity index (χ1v) is 6.71. The molecule has 0 aromatic rings. The van der Waals surface area contributed by atoms with E-state index >= 15 is 0 Å². The Morgan fingerprint density at radius 3 is 2.81 bits per heavy atom. The fraction of sp³-hybridized carbons (Fsp3) is 0.923. The zero-order valence-electron chi connectivity index (χ0n) is 10.3. The van der Waals surface area contributed by atoms with E-state index in [1.807, 2.05) is 6.92 Å². The number of piperidine rings is 1. The molecule has 3 heteroatoms. The standard InChI is InChI=1S/C13H23NO2/c1-2-16-13(15)10-14-9-5-7-11-6-3-4-8-12(11)14/h11-12H,2-10H2,1H3/t11-,12-/m1/s1. The Bertz CT molecular complexity index is 240. The average Bonchev–Trinajstić information content (AvgIpc) is 2.30. The molecule has 92 valence electrons. The van der Waals surface area contributed by atoms with Crippen LogP contribution in [-0.2, 0) is 9.53 Å². The fourth-order valence-electron chi connectivity index (χ4n) is 3.30. The van der Waals surface area contributed by atoms with Gasteiger partial charge in [-0.25, -0.2) is 0 Å². The highest BCUT2D eigenvalue weighted by Gasteiger charge is 2.33. The Kier molecular flexibility index (Phi) is 4.22. The molecular formula is C13H23NO2. The maximum absolute atomic E-state index is 11.5. The first kappa shape index (κ1) is 11.9. The van der Waals surface area contributed by atoms with Crippen LogP contribution < -0.4 is 0 Å². The van der Waals surface area contributed by atoms with E-state index < -0.39 is 0 Å². The highest BCUT2D eigenvalue weighted by atomic mass is 16.5. The normalized spacial score (nSPS) is 30.8. The smallest absolute Gasteiger partial charge is 0.320 e. The maximum Gasteiger partial charge on any atom is 0.320 e. The summed E-state index contributed by atoms with van der Waals surface area (Å²) in [5.41, 5.74) is 0. The summed E-state index contributed by atoms with van der Waals surface area (Å²) in [6, 6.07) is 0.659.